The van der Waals surface area contributed by atoms with Crippen LogP contribution in [0.3, 0.4) is 0 Å². The van der Waals surface area contributed by atoms with Gasteiger partial charge >= 0.3 is 0 Å². The zero-order valence-electron chi connectivity index (χ0n) is 14.9. The minimum absolute atomic E-state index is 0. The van der Waals surface area contributed by atoms with Gasteiger partial charge in [-0.3, -0.25) is 9.69 Å². The molecule has 1 aliphatic heterocycles. The van der Waals surface area contributed by atoms with Gasteiger partial charge in [0, 0.05) is 24.5 Å². The molecule has 4 nitrogen and oxygen atoms in total. The number of amides is 1. The second-order valence-electron chi connectivity index (χ2n) is 7.72. The van der Waals surface area contributed by atoms with Crippen LogP contribution in [0.5, 0.6) is 0 Å². The third kappa shape index (κ3) is 5.00. The first-order valence-corrected chi connectivity index (χ1v) is 9.46. The van der Waals surface area contributed by atoms with E-state index in [0.29, 0.717) is 29.8 Å². The number of nitrogens with one attached hydrogen (secondary N) is 1. The van der Waals surface area contributed by atoms with Crippen molar-refractivity contribution in [2.75, 3.05) is 19.6 Å². The zero-order chi connectivity index (χ0) is 15.5. The molecule has 2 saturated carbocycles. The van der Waals surface area contributed by atoms with E-state index in [4.69, 9.17) is 5.73 Å². The van der Waals surface area contributed by atoms with Crippen LogP contribution in [0.1, 0.15) is 58.3 Å². The number of likely N-dealkylation sites (tertiary alicyclic amines) is 1. The molecule has 24 heavy (non-hydrogen) atoms. The van der Waals surface area contributed by atoms with Gasteiger partial charge in [0.1, 0.15) is 0 Å². The van der Waals surface area contributed by atoms with Crippen LogP contribution < -0.4 is 11.1 Å². The number of fused-ring (bicyclic) bond motifs is 2. The average molecular weight is 380 g/mol. The number of hydrogen-bond acceptors (Lipinski definition) is 3. The maximum atomic E-state index is 12.6. The summed E-state index contributed by atoms with van der Waals surface area (Å²) in [4.78, 5) is 15.1. The maximum absolute atomic E-state index is 12.6. The van der Waals surface area contributed by atoms with E-state index < -0.39 is 0 Å². The summed E-state index contributed by atoms with van der Waals surface area (Å²) in [5.41, 5.74) is 6.34. The van der Waals surface area contributed by atoms with Crippen LogP contribution in [0.25, 0.3) is 0 Å². The van der Waals surface area contributed by atoms with Crippen molar-refractivity contribution in [2.45, 2.75) is 70.4 Å². The number of nitrogens with two attached hydrogens (primary N) is 1. The summed E-state index contributed by atoms with van der Waals surface area (Å²) in [6, 6.07) is 0.903. The highest BCUT2D eigenvalue weighted by Gasteiger charge is 2.40. The van der Waals surface area contributed by atoms with Crippen LogP contribution in [-0.4, -0.2) is 42.5 Å². The van der Waals surface area contributed by atoms with Crippen molar-refractivity contribution in [1.29, 1.82) is 0 Å². The van der Waals surface area contributed by atoms with Crippen molar-refractivity contribution in [1.82, 2.24) is 10.2 Å². The molecule has 0 aromatic rings. The summed E-state index contributed by atoms with van der Waals surface area (Å²) < 4.78 is 0. The van der Waals surface area contributed by atoms with E-state index in [1.54, 1.807) is 0 Å². The molecule has 6 heteroatoms. The minimum atomic E-state index is 0. The van der Waals surface area contributed by atoms with E-state index in [1.165, 1.54) is 45.1 Å². The van der Waals surface area contributed by atoms with Gasteiger partial charge in [0.2, 0.25) is 5.91 Å². The molecule has 2 bridgehead atoms. The molecule has 3 fully saturated rings. The molecule has 1 heterocycles. The molecule has 142 valence electrons. The fourth-order valence-corrected chi connectivity index (χ4v) is 5.07. The standard InChI is InChI=1S/C18H33N3O.2ClH/c1-2-21-9-4-3-8-16(21)12-20-18(22)15-10-13-6-5-7-14(11-15)17(13)19;;/h13-17H,2-12,19H2,1H3,(H,20,22);2*1H. The van der Waals surface area contributed by atoms with Gasteiger partial charge in [-0.05, 0) is 63.5 Å². The molecule has 3 N–H and O–H groups in total. The lowest BCUT2D eigenvalue weighted by atomic mass is 9.65. The minimum Gasteiger partial charge on any atom is -0.354 e. The third-order valence-electron chi connectivity index (χ3n) is 6.45. The van der Waals surface area contributed by atoms with Gasteiger partial charge in [0.25, 0.3) is 0 Å². The Hall–Kier alpha value is -0.0300. The molecule has 0 radical (unpaired) electrons. The Balaban J connectivity index is 0.00000144. The fourth-order valence-electron chi connectivity index (χ4n) is 5.07. The molecule has 0 aromatic heterocycles. The number of hydrogen-bond donors (Lipinski definition) is 2. The smallest absolute Gasteiger partial charge is 0.223 e. The topological polar surface area (TPSA) is 58.4 Å². The Labute approximate surface area is 159 Å². The first kappa shape index (κ1) is 22.0. The highest BCUT2D eigenvalue weighted by Crippen LogP contribution is 2.41. The van der Waals surface area contributed by atoms with E-state index in [1.807, 2.05) is 0 Å². The molecule has 0 spiro atoms. The van der Waals surface area contributed by atoms with Crippen molar-refractivity contribution >= 4 is 30.7 Å². The van der Waals surface area contributed by atoms with Crippen LogP contribution in [0.2, 0.25) is 0 Å². The van der Waals surface area contributed by atoms with Gasteiger partial charge in [0.05, 0.1) is 0 Å². The predicted molar refractivity (Wildman–Crippen MR) is 104 cm³/mol. The lowest BCUT2D eigenvalue weighted by Gasteiger charge is -2.43. The van der Waals surface area contributed by atoms with Gasteiger partial charge < -0.3 is 11.1 Å². The summed E-state index contributed by atoms with van der Waals surface area (Å²) in [6.07, 6.45) is 9.65. The summed E-state index contributed by atoms with van der Waals surface area (Å²) in [7, 11) is 0. The van der Waals surface area contributed by atoms with E-state index in [2.05, 4.69) is 17.1 Å². The van der Waals surface area contributed by atoms with E-state index in [-0.39, 0.29) is 30.7 Å². The highest BCUT2D eigenvalue weighted by molar-refractivity contribution is 5.85. The zero-order valence-corrected chi connectivity index (χ0v) is 16.5. The Morgan fingerprint density at radius 3 is 2.38 bits per heavy atom. The quantitative estimate of drug-likeness (QED) is 0.788. The molecule has 2 aliphatic carbocycles. The molecule has 3 aliphatic rings. The lowest BCUT2D eigenvalue weighted by Crippen LogP contribution is -2.51. The summed E-state index contributed by atoms with van der Waals surface area (Å²) in [5.74, 6) is 1.69. The predicted octanol–water partition coefficient (Wildman–Crippen LogP) is 2.97. The molecule has 3 unspecified atom stereocenters. The second-order valence-corrected chi connectivity index (χ2v) is 7.72. The number of nitrogens with zero attached hydrogens (tertiary/aromatic N) is 1. The van der Waals surface area contributed by atoms with Crippen LogP contribution in [0, 0.1) is 17.8 Å². The van der Waals surface area contributed by atoms with Gasteiger partial charge in [0.15, 0.2) is 0 Å². The van der Waals surface area contributed by atoms with E-state index in [9.17, 15) is 4.79 Å². The number of carbonyl (C=O) groups excluding carboxylic acids is 1. The number of rotatable bonds is 4. The molecule has 3 atom stereocenters. The van der Waals surface area contributed by atoms with E-state index in [0.717, 1.165) is 25.9 Å². The van der Waals surface area contributed by atoms with Crippen LogP contribution in [-0.2, 0) is 4.79 Å². The molecule has 3 rings (SSSR count). The van der Waals surface area contributed by atoms with Gasteiger partial charge in [-0.25, -0.2) is 0 Å². The van der Waals surface area contributed by atoms with E-state index >= 15 is 0 Å². The Bertz CT molecular complexity index is 382. The molecule has 1 saturated heterocycles. The largest absolute Gasteiger partial charge is 0.354 e. The highest BCUT2D eigenvalue weighted by atomic mass is 35.5. The first-order chi connectivity index (χ1) is 10.7. The van der Waals surface area contributed by atoms with Crippen LogP contribution >= 0.6 is 24.8 Å². The van der Waals surface area contributed by atoms with Crippen molar-refractivity contribution < 1.29 is 4.79 Å². The Kier molecular flexibility index (Phi) is 9.35. The van der Waals surface area contributed by atoms with Crippen molar-refractivity contribution in [3.63, 3.8) is 0 Å². The number of carbonyl (C=O) groups is 1. The maximum Gasteiger partial charge on any atom is 0.223 e. The number of halogens is 2. The SMILES string of the molecule is CCN1CCCCC1CNC(=O)C1CC2CCCC(C1)C2N.Cl.Cl. The second kappa shape index (κ2) is 10.2. The molecule has 0 aromatic carbocycles. The van der Waals surface area contributed by atoms with Gasteiger partial charge in [-0.1, -0.05) is 19.8 Å². The lowest BCUT2D eigenvalue weighted by molar-refractivity contribution is -0.128. The summed E-state index contributed by atoms with van der Waals surface area (Å²) in [5, 5.41) is 3.27. The fraction of sp³-hybridized carbons (Fsp3) is 0.944. The summed E-state index contributed by atoms with van der Waals surface area (Å²) >= 11 is 0. The van der Waals surface area contributed by atoms with Crippen LogP contribution in [0.15, 0.2) is 0 Å². The third-order valence-corrected chi connectivity index (χ3v) is 6.45. The molecule has 1 amide bonds. The first-order valence-electron chi connectivity index (χ1n) is 9.46. The van der Waals surface area contributed by atoms with Crippen molar-refractivity contribution in [3.8, 4) is 0 Å². The van der Waals surface area contributed by atoms with Crippen LogP contribution in [0.4, 0.5) is 0 Å². The molecular formula is C18H35Cl2N3O. The average Bonchev–Trinajstić information content (AvgIpc) is 2.52. The summed E-state index contributed by atoms with van der Waals surface area (Å²) in [6.45, 7) is 5.36. The molecular weight excluding hydrogens is 345 g/mol. The van der Waals surface area contributed by atoms with Gasteiger partial charge in [-0.15, -0.1) is 24.8 Å². The van der Waals surface area contributed by atoms with Crippen molar-refractivity contribution in [2.24, 2.45) is 23.5 Å². The normalized spacial score (nSPS) is 36.2. The monoisotopic (exact) mass is 379 g/mol. The number of piperidine rings is 1. The Morgan fingerprint density at radius 2 is 1.75 bits per heavy atom. The van der Waals surface area contributed by atoms with Gasteiger partial charge in [-0.2, -0.15) is 0 Å². The Morgan fingerprint density at radius 1 is 1.08 bits per heavy atom. The van der Waals surface area contributed by atoms with Crippen molar-refractivity contribution in [3.05, 3.63) is 0 Å². The number of likely N-dealkylation sites (N-methyl/N-ethyl adjacent to an activating group) is 1.